The number of nitrogens with one attached hydrogen (secondary N) is 1. The van der Waals surface area contributed by atoms with E-state index in [-0.39, 0.29) is 12.5 Å². The van der Waals surface area contributed by atoms with Crippen molar-refractivity contribution in [3.8, 4) is 0 Å². The van der Waals surface area contributed by atoms with E-state index in [1.807, 2.05) is 32.0 Å². The quantitative estimate of drug-likeness (QED) is 0.457. The van der Waals surface area contributed by atoms with E-state index in [2.05, 4.69) is 5.32 Å². The molecule has 3 amide bonds. The first-order valence-electron chi connectivity index (χ1n) is 10.7. The van der Waals surface area contributed by atoms with Gasteiger partial charge in [0, 0.05) is 0 Å². The van der Waals surface area contributed by atoms with E-state index >= 15 is 0 Å². The van der Waals surface area contributed by atoms with Crippen LogP contribution in [0.1, 0.15) is 53.0 Å². The third kappa shape index (κ3) is 6.06. The van der Waals surface area contributed by atoms with Crippen LogP contribution in [-0.2, 0) is 35.2 Å². The highest BCUT2D eigenvalue weighted by Gasteiger charge is 2.61. The number of β-lactam (4-membered cyclic amide) rings is 1. The van der Waals surface area contributed by atoms with Crippen molar-refractivity contribution in [3.63, 3.8) is 0 Å². The molecule has 1 N–H and O–H groups in total. The van der Waals surface area contributed by atoms with Crippen molar-refractivity contribution in [2.45, 2.75) is 65.9 Å². The van der Waals surface area contributed by atoms with Crippen LogP contribution in [-0.4, -0.2) is 53.8 Å². The summed E-state index contributed by atoms with van der Waals surface area (Å²) in [5.41, 5.74) is -0.772. The van der Waals surface area contributed by atoms with Crippen molar-refractivity contribution in [2.75, 3.05) is 13.2 Å². The van der Waals surface area contributed by atoms with Crippen LogP contribution >= 0.6 is 0 Å². The van der Waals surface area contributed by atoms with Gasteiger partial charge in [0.25, 0.3) is 5.91 Å². The summed E-state index contributed by atoms with van der Waals surface area (Å²) in [5, 5.41) is 2.35. The van der Waals surface area contributed by atoms with Gasteiger partial charge in [0.2, 0.25) is 5.91 Å². The predicted molar refractivity (Wildman–Crippen MR) is 115 cm³/mol. The molecule has 0 aliphatic carbocycles. The van der Waals surface area contributed by atoms with Gasteiger partial charge < -0.3 is 19.5 Å². The summed E-state index contributed by atoms with van der Waals surface area (Å²) in [4.78, 5) is 50.4. The molecule has 1 fully saturated rings. The molecule has 1 aliphatic heterocycles. The standard InChI is InChI=1S/C23H32N2O7/c1-6-23(7-2)19(28)25(20(23)30-15-18(27)32-22(3,4)5)17(26)13-24-21(29)31-14-16-11-9-8-10-12-16/h8-12,20H,6-7,13-15H2,1-5H3,(H,24,29). The van der Waals surface area contributed by atoms with Crippen LogP contribution in [0.2, 0.25) is 0 Å². The van der Waals surface area contributed by atoms with E-state index in [9.17, 15) is 19.2 Å². The highest BCUT2D eigenvalue weighted by molar-refractivity contribution is 6.05. The average Bonchev–Trinajstić information content (AvgIpc) is 2.74. The topological polar surface area (TPSA) is 111 Å². The third-order valence-corrected chi connectivity index (χ3v) is 5.26. The molecule has 0 aromatic heterocycles. The van der Waals surface area contributed by atoms with Gasteiger partial charge in [0.05, 0.1) is 5.41 Å². The van der Waals surface area contributed by atoms with Crippen molar-refractivity contribution in [1.82, 2.24) is 10.2 Å². The maximum Gasteiger partial charge on any atom is 0.407 e. The number of likely N-dealkylation sites (tertiary alicyclic amines) is 1. The summed E-state index contributed by atoms with van der Waals surface area (Å²) in [6.45, 7) is 8.08. The van der Waals surface area contributed by atoms with Crippen molar-refractivity contribution in [2.24, 2.45) is 5.41 Å². The van der Waals surface area contributed by atoms with E-state index in [0.717, 1.165) is 10.5 Å². The van der Waals surface area contributed by atoms with Gasteiger partial charge in [-0.1, -0.05) is 44.2 Å². The number of nitrogens with zero attached hydrogens (tertiary/aromatic N) is 1. The molecule has 1 atom stereocenters. The number of rotatable bonds is 9. The zero-order chi connectivity index (χ0) is 23.9. The monoisotopic (exact) mass is 448 g/mol. The first-order chi connectivity index (χ1) is 15.0. The summed E-state index contributed by atoms with van der Waals surface area (Å²) in [6.07, 6.45) is -0.805. The van der Waals surface area contributed by atoms with Gasteiger partial charge in [-0.15, -0.1) is 0 Å². The Morgan fingerprint density at radius 1 is 1.09 bits per heavy atom. The molecule has 9 heteroatoms. The SMILES string of the molecule is CCC1(CC)C(=O)N(C(=O)CNC(=O)OCc2ccccc2)C1OCC(=O)OC(C)(C)C. The Kier molecular flexibility index (Phi) is 8.38. The van der Waals surface area contributed by atoms with Crippen molar-refractivity contribution in [3.05, 3.63) is 35.9 Å². The Hall–Kier alpha value is -2.94. The maximum absolute atomic E-state index is 12.8. The Morgan fingerprint density at radius 2 is 1.72 bits per heavy atom. The van der Waals surface area contributed by atoms with Gasteiger partial charge in [0.1, 0.15) is 25.4 Å². The summed E-state index contributed by atoms with van der Waals surface area (Å²) < 4.78 is 16.0. The minimum absolute atomic E-state index is 0.0555. The van der Waals surface area contributed by atoms with Gasteiger partial charge in [-0.3, -0.25) is 14.5 Å². The number of hydrogen-bond donors (Lipinski definition) is 1. The number of hydrogen-bond acceptors (Lipinski definition) is 7. The molecule has 1 aromatic carbocycles. The molecule has 1 unspecified atom stereocenters. The van der Waals surface area contributed by atoms with E-state index in [1.165, 1.54) is 0 Å². The lowest BCUT2D eigenvalue weighted by atomic mass is 9.71. The number of amides is 3. The van der Waals surface area contributed by atoms with Crippen LogP contribution in [0.5, 0.6) is 0 Å². The number of carbonyl (C=O) groups is 4. The Morgan fingerprint density at radius 3 is 2.28 bits per heavy atom. The molecule has 9 nitrogen and oxygen atoms in total. The van der Waals surface area contributed by atoms with Crippen LogP contribution in [0.25, 0.3) is 0 Å². The Balaban J connectivity index is 1.94. The Labute approximate surface area is 188 Å². The lowest BCUT2D eigenvalue weighted by Gasteiger charge is -2.53. The lowest BCUT2D eigenvalue weighted by Crippen LogP contribution is -2.72. The summed E-state index contributed by atoms with van der Waals surface area (Å²) in [7, 11) is 0. The molecule has 1 heterocycles. The molecular formula is C23H32N2O7. The van der Waals surface area contributed by atoms with Gasteiger partial charge in [-0.25, -0.2) is 9.59 Å². The second-order valence-electron chi connectivity index (χ2n) is 8.60. The fourth-order valence-corrected chi connectivity index (χ4v) is 3.54. The summed E-state index contributed by atoms with van der Waals surface area (Å²) >= 11 is 0. The third-order valence-electron chi connectivity index (χ3n) is 5.26. The number of imide groups is 1. The number of esters is 1. The van der Waals surface area contributed by atoms with E-state index in [1.54, 1.807) is 32.9 Å². The number of alkyl carbamates (subject to hydrolysis) is 1. The molecule has 2 rings (SSSR count). The molecular weight excluding hydrogens is 416 g/mol. The van der Waals surface area contributed by atoms with Gasteiger partial charge in [-0.2, -0.15) is 0 Å². The Bertz CT molecular complexity index is 828. The molecule has 32 heavy (non-hydrogen) atoms. The predicted octanol–water partition coefficient (Wildman–Crippen LogP) is 2.77. The van der Waals surface area contributed by atoms with Crippen LogP contribution in [0, 0.1) is 5.41 Å². The first-order valence-corrected chi connectivity index (χ1v) is 10.7. The first kappa shape index (κ1) is 25.3. The lowest BCUT2D eigenvalue weighted by molar-refractivity contribution is -0.226. The fraction of sp³-hybridized carbons (Fsp3) is 0.565. The van der Waals surface area contributed by atoms with Crippen molar-refractivity contribution >= 4 is 23.9 Å². The summed E-state index contributed by atoms with van der Waals surface area (Å²) in [6, 6.07) is 9.10. The molecule has 1 saturated heterocycles. The van der Waals surface area contributed by atoms with Crippen molar-refractivity contribution < 1.29 is 33.4 Å². The van der Waals surface area contributed by atoms with Crippen LogP contribution in [0.3, 0.4) is 0 Å². The smallest absolute Gasteiger partial charge is 0.407 e. The van der Waals surface area contributed by atoms with E-state index < -0.39 is 48.4 Å². The maximum atomic E-state index is 12.8. The number of benzene rings is 1. The van der Waals surface area contributed by atoms with Crippen LogP contribution < -0.4 is 5.32 Å². The zero-order valence-electron chi connectivity index (χ0n) is 19.3. The van der Waals surface area contributed by atoms with Crippen LogP contribution in [0.4, 0.5) is 4.79 Å². The second-order valence-corrected chi connectivity index (χ2v) is 8.60. The van der Waals surface area contributed by atoms with Crippen LogP contribution in [0.15, 0.2) is 30.3 Å². The highest BCUT2D eigenvalue weighted by Crippen LogP contribution is 2.45. The largest absolute Gasteiger partial charge is 0.458 e. The summed E-state index contributed by atoms with van der Waals surface area (Å²) in [5.74, 6) is -1.62. The van der Waals surface area contributed by atoms with Gasteiger partial charge in [-0.05, 0) is 39.2 Å². The van der Waals surface area contributed by atoms with E-state index in [0.29, 0.717) is 12.8 Å². The normalized spacial score (nSPS) is 17.3. The molecule has 1 aliphatic rings. The fourth-order valence-electron chi connectivity index (χ4n) is 3.54. The molecule has 176 valence electrons. The average molecular weight is 449 g/mol. The number of carbonyl (C=O) groups excluding carboxylic acids is 4. The molecule has 0 bridgehead atoms. The second kappa shape index (κ2) is 10.6. The molecule has 0 radical (unpaired) electrons. The van der Waals surface area contributed by atoms with Crippen molar-refractivity contribution in [1.29, 1.82) is 0 Å². The molecule has 0 saturated carbocycles. The van der Waals surface area contributed by atoms with Gasteiger partial charge in [0.15, 0.2) is 6.23 Å². The minimum atomic E-state index is -0.910. The molecule has 1 aromatic rings. The minimum Gasteiger partial charge on any atom is -0.458 e. The highest BCUT2D eigenvalue weighted by atomic mass is 16.6. The zero-order valence-corrected chi connectivity index (χ0v) is 19.3. The van der Waals surface area contributed by atoms with Gasteiger partial charge >= 0.3 is 12.1 Å². The van der Waals surface area contributed by atoms with E-state index in [4.69, 9.17) is 14.2 Å². The molecule has 0 spiro atoms. The number of ether oxygens (including phenoxy) is 3.